The SMILES string of the molecule is C=CCNC(=O)CC1CC(=O)C(c2c(C)cc(-n3cc(Cl)cn3)cc2CC)C1=O. The maximum Gasteiger partial charge on any atom is 0.220 e. The molecule has 1 amide bonds. The van der Waals surface area contributed by atoms with Crippen molar-refractivity contribution in [2.75, 3.05) is 6.54 Å². The molecule has 152 valence electrons. The van der Waals surface area contributed by atoms with Crippen molar-refractivity contribution in [3.05, 3.63) is 58.9 Å². The molecular formula is C22H24ClN3O3. The van der Waals surface area contributed by atoms with Crippen LogP contribution in [0.15, 0.2) is 37.2 Å². The topological polar surface area (TPSA) is 81.1 Å². The highest BCUT2D eigenvalue weighted by Crippen LogP contribution is 2.38. The van der Waals surface area contributed by atoms with Crippen molar-refractivity contribution < 1.29 is 14.4 Å². The van der Waals surface area contributed by atoms with Crippen LogP contribution in [0.25, 0.3) is 5.69 Å². The number of amides is 1. The Bertz CT molecular complexity index is 980. The first kappa shape index (κ1) is 21.0. The normalized spacial score (nSPS) is 18.9. The van der Waals surface area contributed by atoms with E-state index in [1.54, 1.807) is 23.2 Å². The summed E-state index contributed by atoms with van der Waals surface area (Å²) < 4.78 is 1.67. The summed E-state index contributed by atoms with van der Waals surface area (Å²) in [6.07, 6.45) is 5.64. The number of rotatable bonds is 7. The summed E-state index contributed by atoms with van der Waals surface area (Å²) in [6, 6.07) is 3.85. The van der Waals surface area contributed by atoms with Crippen LogP contribution >= 0.6 is 11.6 Å². The van der Waals surface area contributed by atoms with Gasteiger partial charge >= 0.3 is 0 Å². The van der Waals surface area contributed by atoms with Gasteiger partial charge in [0.1, 0.15) is 11.7 Å². The van der Waals surface area contributed by atoms with E-state index in [0.717, 1.165) is 22.4 Å². The lowest BCUT2D eigenvalue weighted by Gasteiger charge is -2.18. The fourth-order valence-electron chi connectivity index (χ4n) is 3.94. The average molecular weight is 414 g/mol. The number of nitrogens with one attached hydrogen (secondary N) is 1. The van der Waals surface area contributed by atoms with Gasteiger partial charge in [-0.05, 0) is 42.2 Å². The molecule has 2 atom stereocenters. The van der Waals surface area contributed by atoms with Gasteiger partial charge in [0.2, 0.25) is 5.91 Å². The number of carbonyl (C=O) groups excluding carboxylic acids is 3. The fourth-order valence-corrected chi connectivity index (χ4v) is 4.08. The highest BCUT2D eigenvalue weighted by atomic mass is 35.5. The van der Waals surface area contributed by atoms with Crippen LogP contribution in [0.2, 0.25) is 5.02 Å². The molecule has 6 nitrogen and oxygen atoms in total. The number of halogens is 1. The second kappa shape index (κ2) is 8.74. The zero-order valence-corrected chi connectivity index (χ0v) is 17.3. The van der Waals surface area contributed by atoms with Crippen molar-refractivity contribution in [1.82, 2.24) is 15.1 Å². The Hall–Kier alpha value is -2.73. The largest absolute Gasteiger partial charge is 0.353 e. The highest BCUT2D eigenvalue weighted by Gasteiger charge is 2.44. The van der Waals surface area contributed by atoms with E-state index in [9.17, 15) is 14.4 Å². The minimum atomic E-state index is -0.808. The van der Waals surface area contributed by atoms with Crippen LogP contribution in [0.3, 0.4) is 0 Å². The number of nitrogens with zero attached hydrogens (tertiary/aromatic N) is 2. The zero-order chi connectivity index (χ0) is 21.1. The van der Waals surface area contributed by atoms with Crippen LogP contribution in [-0.4, -0.2) is 33.8 Å². The van der Waals surface area contributed by atoms with Gasteiger partial charge in [-0.3, -0.25) is 14.4 Å². The van der Waals surface area contributed by atoms with E-state index < -0.39 is 11.8 Å². The van der Waals surface area contributed by atoms with Gasteiger partial charge in [0.15, 0.2) is 5.78 Å². The molecule has 1 fully saturated rings. The Morgan fingerprint density at radius 1 is 1.41 bits per heavy atom. The Balaban J connectivity index is 1.91. The van der Waals surface area contributed by atoms with Crippen molar-refractivity contribution in [3.63, 3.8) is 0 Å². The van der Waals surface area contributed by atoms with Gasteiger partial charge in [-0.2, -0.15) is 5.10 Å². The predicted molar refractivity (Wildman–Crippen MR) is 111 cm³/mol. The Morgan fingerprint density at radius 2 is 2.17 bits per heavy atom. The van der Waals surface area contributed by atoms with Crippen molar-refractivity contribution in [2.24, 2.45) is 5.92 Å². The van der Waals surface area contributed by atoms with Gasteiger partial charge in [-0.15, -0.1) is 6.58 Å². The quantitative estimate of drug-likeness (QED) is 0.557. The molecule has 1 saturated carbocycles. The molecule has 0 radical (unpaired) electrons. The highest BCUT2D eigenvalue weighted by molar-refractivity contribution is 6.30. The molecule has 0 spiro atoms. The monoisotopic (exact) mass is 413 g/mol. The lowest BCUT2D eigenvalue weighted by molar-refractivity contribution is -0.128. The molecule has 3 rings (SSSR count). The van der Waals surface area contributed by atoms with Crippen LogP contribution in [0, 0.1) is 12.8 Å². The van der Waals surface area contributed by atoms with Gasteiger partial charge in [0.25, 0.3) is 0 Å². The third kappa shape index (κ3) is 4.32. The van der Waals surface area contributed by atoms with Crippen molar-refractivity contribution in [3.8, 4) is 5.69 Å². The first-order chi connectivity index (χ1) is 13.8. The molecule has 0 saturated heterocycles. The van der Waals surface area contributed by atoms with Gasteiger partial charge in [-0.25, -0.2) is 4.68 Å². The number of aryl methyl sites for hydroxylation is 2. The maximum atomic E-state index is 13.0. The molecule has 29 heavy (non-hydrogen) atoms. The molecule has 1 aromatic carbocycles. The second-order valence-corrected chi connectivity index (χ2v) is 7.73. The average Bonchev–Trinajstić information content (AvgIpc) is 3.23. The third-order valence-electron chi connectivity index (χ3n) is 5.27. The van der Waals surface area contributed by atoms with E-state index in [0.29, 0.717) is 18.0 Å². The lowest BCUT2D eigenvalue weighted by Crippen LogP contribution is -2.27. The van der Waals surface area contributed by atoms with Gasteiger partial charge in [0, 0.05) is 31.5 Å². The molecule has 0 aliphatic heterocycles. The van der Waals surface area contributed by atoms with E-state index in [1.807, 2.05) is 26.0 Å². The standard InChI is InChI=1S/C22H24ClN3O3/c1-4-6-24-19(28)10-15-9-18(27)21(22(15)29)20-13(3)7-17(8-14(20)5-2)26-12-16(23)11-25-26/h4,7-8,11-12,15,21H,1,5-6,9-10H2,2-3H3,(H,24,28). The number of hydrogen-bond donors (Lipinski definition) is 1. The van der Waals surface area contributed by atoms with Crippen molar-refractivity contribution >= 4 is 29.1 Å². The number of hydrogen-bond acceptors (Lipinski definition) is 4. The molecule has 0 bridgehead atoms. The maximum absolute atomic E-state index is 13.0. The smallest absolute Gasteiger partial charge is 0.220 e. The molecular weight excluding hydrogens is 390 g/mol. The molecule has 1 aliphatic rings. The summed E-state index contributed by atoms with van der Waals surface area (Å²) in [4.78, 5) is 37.8. The van der Waals surface area contributed by atoms with Crippen LogP contribution in [0.4, 0.5) is 0 Å². The molecule has 1 heterocycles. The first-order valence-corrected chi connectivity index (χ1v) is 10.0. The minimum Gasteiger partial charge on any atom is -0.353 e. The van der Waals surface area contributed by atoms with E-state index in [1.165, 1.54) is 0 Å². The number of aromatic nitrogens is 2. The van der Waals surface area contributed by atoms with Gasteiger partial charge < -0.3 is 5.32 Å². The molecule has 7 heteroatoms. The molecule has 1 N–H and O–H groups in total. The van der Waals surface area contributed by atoms with Crippen LogP contribution in [0.5, 0.6) is 0 Å². The van der Waals surface area contributed by atoms with Gasteiger partial charge in [0.05, 0.1) is 16.9 Å². The summed E-state index contributed by atoms with van der Waals surface area (Å²) in [5.74, 6) is -1.92. The zero-order valence-electron chi connectivity index (χ0n) is 16.6. The second-order valence-electron chi connectivity index (χ2n) is 7.29. The molecule has 2 unspecified atom stereocenters. The number of carbonyl (C=O) groups is 3. The molecule has 1 aromatic heterocycles. The fraction of sp³-hybridized carbons (Fsp3) is 0.364. The number of benzene rings is 1. The Labute approximate surface area is 174 Å². The van der Waals surface area contributed by atoms with E-state index in [2.05, 4.69) is 17.0 Å². The predicted octanol–water partition coefficient (Wildman–Crippen LogP) is 3.33. The third-order valence-corrected chi connectivity index (χ3v) is 5.47. The Morgan fingerprint density at radius 3 is 2.79 bits per heavy atom. The van der Waals surface area contributed by atoms with E-state index >= 15 is 0 Å². The number of ketones is 2. The lowest BCUT2D eigenvalue weighted by atomic mass is 9.85. The Kier molecular flexibility index (Phi) is 6.33. The number of Topliss-reactive ketones (excluding diaryl/α,β-unsaturated/α-hetero) is 2. The minimum absolute atomic E-state index is 0.0271. The summed E-state index contributed by atoms with van der Waals surface area (Å²) in [5.41, 5.74) is 3.37. The van der Waals surface area contributed by atoms with Gasteiger partial charge in [-0.1, -0.05) is 24.6 Å². The molecule has 1 aliphatic carbocycles. The summed E-state index contributed by atoms with van der Waals surface area (Å²) in [6.45, 7) is 7.78. The summed E-state index contributed by atoms with van der Waals surface area (Å²) in [7, 11) is 0. The first-order valence-electron chi connectivity index (χ1n) is 9.63. The van der Waals surface area contributed by atoms with Crippen molar-refractivity contribution in [2.45, 2.75) is 39.0 Å². The van der Waals surface area contributed by atoms with E-state index in [-0.39, 0.29) is 30.3 Å². The van der Waals surface area contributed by atoms with Crippen LogP contribution in [0.1, 0.15) is 42.4 Å². The van der Waals surface area contributed by atoms with Crippen LogP contribution < -0.4 is 5.32 Å². The summed E-state index contributed by atoms with van der Waals surface area (Å²) >= 11 is 5.98. The summed E-state index contributed by atoms with van der Waals surface area (Å²) in [5, 5.41) is 7.43. The van der Waals surface area contributed by atoms with Crippen molar-refractivity contribution in [1.29, 1.82) is 0 Å². The van der Waals surface area contributed by atoms with Crippen LogP contribution in [-0.2, 0) is 20.8 Å². The molecule has 2 aromatic rings. The van der Waals surface area contributed by atoms with E-state index in [4.69, 9.17) is 11.6 Å².